The molecule has 1 aliphatic carbocycles. The van der Waals surface area contributed by atoms with Gasteiger partial charge in [0.05, 0.1) is 4.92 Å². The van der Waals surface area contributed by atoms with E-state index < -0.39 is 4.92 Å². The maximum atomic E-state index is 10.1. The Kier molecular flexibility index (Phi) is 1.71. The van der Waals surface area contributed by atoms with Crippen LogP contribution in [0.1, 0.15) is 6.42 Å². The van der Waals surface area contributed by atoms with Crippen molar-refractivity contribution in [1.82, 2.24) is 0 Å². The zero-order chi connectivity index (χ0) is 7.56. The molecule has 10 heavy (non-hydrogen) atoms. The summed E-state index contributed by atoms with van der Waals surface area (Å²) >= 11 is 0. The zero-order valence-electron chi connectivity index (χ0n) is 5.28. The van der Waals surface area contributed by atoms with Gasteiger partial charge in [-0.2, -0.15) is 0 Å². The van der Waals surface area contributed by atoms with Crippen LogP contribution < -0.4 is 5.73 Å². The molecular weight excluding hydrogens is 132 g/mol. The number of allylic oxidation sites excluding steroid dienone is 3. The van der Waals surface area contributed by atoms with Gasteiger partial charge >= 0.3 is 0 Å². The van der Waals surface area contributed by atoms with E-state index in [9.17, 15) is 10.1 Å². The van der Waals surface area contributed by atoms with Crippen molar-refractivity contribution < 1.29 is 4.92 Å². The maximum absolute atomic E-state index is 10.1. The number of nitrogens with two attached hydrogens (primary N) is 1. The summed E-state index contributed by atoms with van der Waals surface area (Å²) in [5.74, 6) is 0. The summed E-state index contributed by atoms with van der Waals surface area (Å²) in [4.78, 5) is 9.68. The highest BCUT2D eigenvalue weighted by Crippen LogP contribution is 2.12. The van der Waals surface area contributed by atoms with Crippen molar-refractivity contribution >= 4 is 0 Å². The van der Waals surface area contributed by atoms with Crippen molar-refractivity contribution in [2.75, 3.05) is 0 Å². The van der Waals surface area contributed by atoms with E-state index >= 15 is 0 Å². The molecule has 0 aromatic carbocycles. The minimum Gasteiger partial charge on any atom is -0.402 e. The monoisotopic (exact) mass is 139 g/mol. The van der Waals surface area contributed by atoms with Gasteiger partial charge in [0.2, 0.25) is 0 Å². The summed E-state index contributed by atoms with van der Waals surface area (Å²) in [6, 6.07) is 0. The molecule has 0 aromatic rings. The topological polar surface area (TPSA) is 69.2 Å². The van der Waals surface area contributed by atoms with Crippen LogP contribution in [0.3, 0.4) is 0 Å². The standard InChI is InChI=1S/C6H7N2O2/c7-5-2-1-3-6(4-5)8(9)10/h2-4H,1,7H2. The molecule has 53 valence electrons. The fourth-order valence-electron chi connectivity index (χ4n) is 0.732. The van der Waals surface area contributed by atoms with Gasteiger partial charge in [-0.25, -0.2) is 0 Å². The van der Waals surface area contributed by atoms with Crippen LogP contribution in [-0.4, -0.2) is 4.92 Å². The van der Waals surface area contributed by atoms with Crippen molar-refractivity contribution in [1.29, 1.82) is 0 Å². The number of nitrogens with zero attached hydrogens (tertiary/aromatic N) is 1. The molecule has 1 aliphatic rings. The fourth-order valence-corrected chi connectivity index (χ4v) is 0.732. The SMILES string of the molecule is NC1=CC([N+](=O)[O-])=CC[CH]1. The van der Waals surface area contributed by atoms with Gasteiger partial charge in [-0.15, -0.1) is 0 Å². The first-order chi connectivity index (χ1) is 4.70. The van der Waals surface area contributed by atoms with E-state index in [2.05, 4.69) is 0 Å². The second-order valence-electron chi connectivity index (χ2n) is 1.97. The molecule has 4 nitrogen and oxygen atoms in total. The van der Waals surface area contributed by atoms with E-state index in [1.165, 1.54) is 12.2 Å². The normalized spacial score (nSPS) is 17.6. The summed E-state index contributed by atoms with van der Waals surface area (Å²) in [7, 11) is 0. The highest BCUT2D eigenvalue weighted by Gasteiger charge is 2.11. The number of nitro groups is 1. The molecule has 0 spiro atoms. The number of hydrogen-bond acceptors (Lipinski definition) is 3. The molecule has 2 N–H and O–H groups in total. The summed E-state index contributed by atoms with van der Waals surface area (Å²) in [5, 5.41) is 10.1. The smallest absolute Gasteiger partial charge is 0.267 e. The molecule has 0 amide bonds. The Morgan fingerprint density at radius 2 is 2.40 bits per heavy atom. The van der Waals surface area contributed by atoms with Crippen LogP contribution in [0.4, 0.5) is 0 Å². The molecule has 1 radical (unpaired) electrons. The summed E-state index contributed by atoms with van der Waals surface area (Å²) in [5.41, 5.74) is 5.87. The van der Waals surface area contributed by atoms with E-state index in [0.717, 1.165) is 0 Å². The lowest BCUT2D eigenvalue weighted by Gasteiger charge is -2.02. The minimum atomic E-state index is -0.445. The Hall–Kier alpha value is -1.32. The van der Waals surface area contributed by atoms with Gasteiger partial charge in [0, 0.05) is 18.2 Å². The molecule has 0 bridgehead atoms. The highest BCUT2D eigenvalue weighted by molar-refractivity contribution is 5.27. The Labute approximate surface area is 58.2 Å². The molecule has 1 rings (SSSR count). The van der Waals surface area contributed by atoms with Crippen molar-refractivity contribution in [2.24, 2.45) is 5.73 Å². The van der Waals surface area contributed by atoms with E-state index in [-0.39, 0.29) is 5.70 Å². The molecule has 0 aromatic heterocycles. The lowest BCUT2D eigenvalue weighted by molar-refractivity contribution is -0.419. The predicted molar refractivity (Wildman–Crippen MR) is 36.3 cm³/mol. The largest absolute Gasteiger partial charge is 0.402 e. The molecule has 0 fully saturated rings. The minimum absolute atomic E-state index is 0.0833. The van der Waals surface area contributed by atoms with Crippen LogP contribution in [0.2, 0.25) is 0 Å². The van der Waals surface area contributed by atoms with Crippen molar-refractivity contribution in [3.8, 4) is 0 Å². The first-order valence-electron chi connectivity index (χ1n) is 2.85. The highest BCUT2D eigenvalue weighted by atomic mass is 16.6. The van der Waals surface area contributed by atoms with Crippen molar-refractivity contribution in [3.63, 3.8) is 0 Å². The average molecular weight is 139 g/mol. The van der Waals surface area contributed by atoms with E-state index in [1.807, 2.05) is 0 Å². The summed E-state index contributed by atoms with van der Waals surface area (Å²) in [6.07, 6.45) is 5.16. The first-order valence-corrected chi connectivity index (χ1v) is 2.85. The van der Waals surface area contributed by atoms with Gasteiger partial charge in [0.25, 0.3) is 5.70 Å². The van der Waals surface area contributed by atoms with Crippen LogP contribution in [0, 0.1) is 16.5 Å². The van der Waals surface area contributed by atoms with Crippen molar-refractivity contribution in [2.45, 2.75) is 6.42 Å². The Morgan fingerprint density at radius 3 is 2.80 bits per heavy atom. The second kappa shape index (κ2) is 2.51. The Bertz CT molecular complexity index is 218. The number of rotatable bonds is 1. The summed E-state index contributed by atoms with van der Waals surface area (Å²) in [6.45, 7) is 0. The van der Waals surface area contributed by atoms with Gasteiger partial charge in [-0.1, -0.05) is 0 Å². The van der Waals surface area contributed by atoms with Crippen LogP contribution in [0.25, 0.3) is 0 Å². The van der Waals surface area contributed by atoms with Crippen molar-refractivity contribution in [3.05, 3.63) is 40.1 Å². The second-order valence-corrected chi connectivity index (χ2v) is 1.97. The van der Waals surface area contributed by atoms with E-state index in [1.54, 1.807) is 6.42 Å². The van der Waals surface area contributed by atoms with Crippen LogP contribution in [0.15, 0.2) is 23.5 Å². The molecule has 0 atom stereocenters. The van der Waals surface area contributed by atoms with E-state index in [4.69, 9.17) is 5.73 Å². The third-order valence-electron chi connectivity index (χ3n) is 1.21. The predicted octanol–water partition coefficient (Wildman–Crippen LogP) is 0.598. The third-order valence-corrected chi connectivity index (χ3v) is 1.21. The molecule has 0 saturated carbocycles. The zero-order valence-corrected chi connectivity index (χ0v) is 5.28. The fraction of sp³-hybridized carbons (Fsp3) is 0.167. The summed E-state index contributed by atoms with van der Waals surface area (Å²) < 4.78 is 0. The third kappa shape index (κ3) is 1.34. The molecule has 0 aliphatic heterocycles. The van der Waals surface area contributed by atoms with Gasteiger partial charge in [-0.3, -0.25) is 10.1 Å². The molecule has 0 saturated heterocycles. The average Bonchev–Trinajstić information content (AvgIpc) is 1.88. The quantitative estimate of drug-likeness (QED) is 0.427. The Morgan fingerprint density at radius 1 is 1.70 bits per heavy atom. The lowest BCUT2D eigenvalue weighted by atomic mass is 10.1. The van der Waals surface area contributed by atoms with Gasteiger partial charge in [0.15, 0.2) is 0 Å². The van der Waals surface area contributed by atoms with Crippen LogP contribution in [-0.2, 0) is 0 Å². The molecular formula is C6H7N2O2. The maximum Gasteiger partial charge on any atom is 0.267 e. The van der Waals surface area contributed by atoms with Gasteiger partial charge < -0.3 is 5.73 Å². The van der Waals surface area contributed by atoms with Gasteiger partial charge in [0.1, 0.15) is 0 Å². The molecule has 4 heteroatoms. The molecule has 0 heterocycles. The van der Waals surface area contributed by atoms with Crippen LogP contribution >= 0.6 is 0 Å². The lowest BCUT2D eigenvalue weighted by Crippen LogP contribution is -2.06. The Balaban J connectivity index is 2.79. The molecule has 0 unspecified atom stereocenters. The van der Waals surface area contributed by atoms with E-state index in [0.29, 0.717) is 12.1 Å². The number of hydrogen-bond donors (Lipinski definition) is 1. The van der Waals surface area contributed by atoms with Crippen LogP contribution in [0.5, 0.6) is 0 Å². The van der Waals surface area contributed by atoms with Gasteiger partial charge in [-0.05, 0) is 12.5 Å². The first kappa shape index (κ1) is 6.80.